The Hall–Kier alpha value is -2.04. The van der Waals surface area contributed by atoms with Crippen molar-refractivity contribution in [3.8, 4) is 0 Å². The summed E-state index contributed by atoms with van der Waals surface area (Å²) in [5.74, 6) is 1.12. The molecule has 1 unspecified atom stereocenters. The summed E-state index contributed by atoms with van der Waals surface area (Å²) in [6.45, 7) is 3.27. The van der Waals surface area contributed by atoms with E-state index in [9.17, 15) is 4.79 Å². The highest BCUT2D eigenvalue weighted by molar-refractivity contribution is 5.85. The number of nitrogens with two attached hydrogens (primary N) is 1. The molecule has 1 atom stereocenters. The summed E-state index contributed by atoms with van der Waals surface area (Å²) in [7, 11) is 0. The summed E-state index contributed by atoms with van der Waals surface area (Å²) in [4.78, 5) is 17.8. The number of likely N-dealkylation sites (tertiary alicyclic amines) is 1. The van der Waals surface area contributed by atoms with Gasteiger partial charge in [0.15, 0.2) is 5.58 Å². The van der Waals surface area contributed by atoms with Gasteiger partial charge in [-0.15, -0.1) is 0 Å². The zero-order valence-corrected chi connectivity index (χ0v) is 10.2. The molecule has 1 aromatic carbocycles. The number of aromatic nitrogens is 1. The smallest absolute Gasteiger partial charge is 0.223 e. The molecule has 2 N–H and O–H groups in total. The van der Waals surface area contributed by atoms with Crippen molar-refractivity contribution >= 4 is 22.7 Å². The molecule has 5 nitrogen and oxygen atoms in total. The number of rotatable bonds is 2. The third-order valence-corrected chi connectivity index (χ3v) is 3.23. The molecule has 0 radical (unpaired) electrons. The Bertz CT molecular complexity index is 605. The maximum Gasteiger partial charge on any atom is 0.223 e. The number of benzene rings is 1. The van der Waals surface area contributed by atoms with E-state index in [1.807, 2.05) is 12.1 Å². The zero-order valence-electron chi connectivity index (χ0n) is 10.2. The van der Waals surface area contributed by atoms with E-state index in [1.54, 1.807) is 11.0 Å². The zero-order chi connectivity index (χ0) is 12.7. The van der Waals surface area contributed by atoms with Crippen LogP contribution in [0.3, 0.4) is 0 Å². The van der Waals surface area contributed by atoms with Gasteiger partial charge < -0.3 is 15.1 Å². The van der Waals surface area contributed by atoms with Gasteiger partial charge in [-0.25, -0.2) is 4.98 Å². The van der Waals surface area contributed by atoms with Gasteiger partial charge in [-0.1, -0.05) is 13.0 Å². The fourth-order valence-corrected chi connectivity index (χ4v) is 2.37. The molecule has 2 heterocycles. The van der Waals surface area contributed by atoms with Crippen LogP contribution in [0, 0.1) is 5.92 Å². The maximum atomic E-state index is 11.7. The van der Waals surface area contributed by atoms with E-state index >= 15 is 0 Å². The van der Waals surface area contributed by atoms with E-state index in [2.05, 4.69) is 11.9 Å². The number of carbonyl (C=O) groups is 1. The number of amides is 1. The first-order chi connectivity index (χ1) is 8.63. The third kappa shape index (κ3) is 1.81. The van der Waals surface area contributed by atoms with Crippen LogP contribution in [0.1, 0.15) is 19.2 Å². The Morgan fingerprint density at radius 3 is 3.06 bits per heavy atom. The van der Waals surface area contributed by atoms with E-state index in [4.69, 9.17) is 10.2 Å². The van der Waals surface area contributed by atoms with Crippen molar-refractivity contribution < 1.29 is 9.21 Å². The van der Waals surface area contributed by atoms with Gasteiger partial charge in [-0.2, -0.15) is 0 Å². The van der Waals surface area contributed by atoms with Crippen LogP contribution in [0.25, 0.3) is 11.1 Å². The van der Waals surface area contributed by atoms with Gasteiger partial charge in [0.25, 0.3) is 0 Å². The van der Waals surface area contributed by atoms with Crippen molar-refractivity contribution in [3.63, 3.8) is 0 Å². The van der Waals surface area contributed by atoms with Gasteiger partial charge in [0.1, 0.15) is 5.52 Å². The molecule has 1 saturated heterocycles. The Balaban J connectivity index is 1.87. The lowest BCUT2D eigenvalue weighted by atomic mass is 10.2. The van der Waals surface area contributed by atoms with Gasteiger partial charge in [-0.05, 0) is 18.1 Å². The molecule has 0 spiro atoms. The molecule has 94 valence electrons. The Morgan fingerprint density at radius 2 is 2.39 bits per heavy atom. The largest absolute Gasteiger partial charge is 0.439 e. The Labute approximate surface area is 105 Å². The van der Waals surface area contributed by atoms with Crippen molar-refractivity contribution in [1.82, 2.24) is 9.88 Å². The topological polar surface area (TPSA) is 72.4 Å². The highest BCUT2D eigenvalue weighted by Gasteiger charge is 2.27. The summed E-state index contributed by atoms with van der Waals surface area (Å²) >= 11 is 0. The summed E-state index contributed by atoms with van der Waals surface area (Å²) in [6, 6.07) is 5.45. The minimum atomic E-state index is 0.165. The molecule has 1 aliphatic heterocycles. The van der Waals surface area contributed by atoms with Crippen molar-refractivity contribution in [2.24, 2.45) is 5.92 Å². The Morgan fingerprint density at radius 1 is 1.56 bits per heavy atom. The van der Waals surface area contributed by atoms with Crippen molar-refractivity contribution in [3.05, 3.63) is 24.1 Å². The van der Waals surface area contributed by atoms with E-state index in [1.165, 1.54) is 0 Å². The average Bonchev–Trinajstić information content (AvgIpc) is 2.84. The van der Waals surface area contributed by atoms with Crippen molar-refractivity contribution in [1.29, 1.82) is 0 Å². The predicted octanol–water partition coefficient (Wildman–Crippen LogP) is 1.78. The number of nitrogens with zero attached hydrogens (tertiary/aromatic N) is 2. The summed E-state index contributed by atoms with van der Waals surface area (Å²) in [5, 5.41) is 0. The van der Waals surface area contributed by atoms with Crippen LogP contribution < -0.4 is 5.73 Å². The minimum absolute atomic E-state index is 0.165. The fourth-order valence-electron chi connectivity index (χ4n) is 2.37. The molecule has 18 heavy (non-hydrogen) atoms. The van der Waals surface area contributed by atoms with Crippen LogP contribution in [0.15, 0.2) is 22.6 Å². The lowest BCUT2D eigenvalue weighted by Gasteiger charge is -2.12. The van der Waals surface area contributed by atoms with Gasteiger partial charge >= 0.3 is 0 Å². The molecule has 1 aliphatic rings. The number of anilines is 1. The number of nitrogen functional groups attached to an aromatic ring is 1. The van der Waals surface area contributed by atoms with Gasteiger partial charge in [0.2, 0.25) is 11.8 Å². The lowest BCUT2D eigenvalue weighted by molar-refractivity contribution is -0.128. The summed E-state index contributed by atoms with van der Waals surface area (Å²) in [5.41, 5.74) is 7.77. The monoisotopic (exact) mass is 245 g/mol. The van der Waals surface area contributed by atoms with Crippen LogP contribution in [0.2, 0.25) is 0 Å². The van der Waals surface area contributed by atoms with E-state index in [-0.39, 0.29) is 5.91 Å². The molecule has 0 aliphatic carbocycles. The summed E-state index contributed by atoms with van der Waals surface area (Å²) < 4.78 is 5.61. The highest BCUT2D eigenvalue weighted by Crippen LogP contribution is 2.24. The molecule has 0 bridgehead atoms. The molecule has 1 fully saturated rings. The second-order valence-electron chi connectivity index (χ2n) is 4.89. The van der Waals surface area contributed by atoms with Crippen LogP contribution in [-0.4, -0.2) is 22.3 Å². The molecular weight excluding hydrogens is 230 g/mol. The van der Waals surface area contributed by atoms with E-state index < -0.39 is 0 Å². The number of carbonyl (C=O) groups excluding carboxylic acids is 1. The number of hydrogen-bond acceptors (Lipinski definition) is 4. The molecule has 0 saturated carbocycles. The van der Waals surface area contributed by atoms with Crippen molar-refractivity contribution in [2.75, 3.05) is 12.3 Å². The molecule has 2 aromatic rings. The molecule has 3 rings (SSSR count). The molecule has 5 heteroatoms. The molecule has 1 aromatic heterocycles. The normalized spacial score (nSPS) is 19.9. The highest BCUT2D eigenvalue weighted by atomic mass is 16.3. The average molecular weight is 245 g/mol. The van der Waals surface area contributed by atoms with Gasteiger partial charge in [-0.3, -0.25) is 4.79 Å². The van der Waals surface area contributed by atoms with E-state index in [0.29, 0.717) is 41.6 Å². The number of hydrogen-bond donors (Lipinski definition) is 1. The van der Waals surface area contributed by atoms with Crippen LogP contribution in [-0.2, 0) is 11.3 Å². The Kier molecular flexibility index (Phi) is 2.47. The number of para-hydroxylation sites is 1. The van der Waals surface area contributed by atoms with Crippen molar-refractivity contribution in [2.45, 2.75) is 19.9 Å². The van der Waals surface area contributed by atoms with E-state index in [0.717, 1.165) is 6.54 Å². The van der Waals surface area contributed by atoms with Crippen LogP contribution in [0.5, 0.6) is 0 Å². The predicted molar refractivity (Wildman–Crippen MR) is 67.6 cm³/mol. The quantitative estimate of drug-likeness (QED) is 0.818. The molecular formula is C13H15N3O2. The first kappa shape index (κ1) is 11.1. The first-order valence-corrected chi connectivity index (χ1v) is 6.05. The number of fused-ring (bicyclic) bond motifs is 1. The van der Waals surface area contributed by atoms with Crippen LogP contribution in [0.4, 0.5) is 5.69 Å². The fraction of sp³-hybridized carbons (Fsp3) is 0.385. The first-order valence-electron chi connectivity index (χ1n) is 6.05. The van der Waals surface area contributed by atoms with Gasteiger partial charge in [0, 0.05) is 13.0 Å². The second-order valence-corrected chi connectivity index (χ2v) is 4.89. The van der Waals surface area contributed by atoms with Crippen LogP contribution >= 0.6 is 0 Å². The minimum Gasteiger partial charge on any atom is -0.439 e. The SMILES string of the molecule is CC1CC(=O)N(Cc2nc3c(N)cccc3o2)C1. The van der Waals surface area contributed by atoms with Gasteiger partial charge in [0.05, 0.1) is 12.2 Å². The standard InChI is InChI=1S/C13H15N3O2/c1-8-5-12(17)16(6-8)7-11-15-13-9(14)3-2-4-10(13)18-11/h2-4,8H,5-7,14H2,1H3. The molecule has 1 amide bonds. The lowest BCUT2D eigenvalue weighted by Crippen LogP contribution is -2.24. The summed E-state index contributed by atoms with van der Waals surface area (Å²) in [6.07, 6.45) is 0.613. The second kappa shape index (κ2) is 4.01. The third-order valence-electron chi connectivity index (χ3n) is 3.23. The number of oxazole rings is 1. The maximum absolute atomic E-state index is 11.7.